The molecule has 0 radical (unpaired) electrons. The van der Waals surface area contributed by atoms with E-state index in [1.54, 1.807) is 6.20 Å². The third-order valence-electron chi connectivity index (χ3n) is 7.37. The molecule has 9 heteroatoms. The highest BCUT2D eigenvalue weighted by molar-refractivity contribution is 6.03. The number of hydrogen-bond acceptors (Lipinski definition) is 7. The Morgan fingerprint density at radius 3 is 2.47 bits per heavy atom. The SMILES string of the molecule is NC(=O)[C@@H]1CCC(=O)N1c1ccc(-c2ccc3ncc(N4CCN(Cc5cccnc5)CC4)nc3c2)cc1. The Labute approximate surface area is 220 Å². The second kappa shape index (κ2) is 10.2. The fourth-order valence-electron chi connectivity index (χ4n) is 5.31. The minimum Gasteiger partial charge on any atom is -0.368 e. The van der Waals surface area contributed by atoms with Gasteiger partial charge >= 0.3 is 0 Å². The van der Waals surface area contributed by atoms with Crippen LogP contribution >= 0.6 is 0 Å². The second-order valence-corrected chi connectivity index (χ2v) is 9.82. The Hall–Kier alpha value is -4.37. The summed E-state index contributed by atoms with van der Waals surface area (Å²) in [6.45, 7) is 4.60. The van der Waals surface area contributed by atoms with E-state index in [9.17, 15) is 9.59 Å². The van der Waals surface area contributed by atoms with Crippen LogP contribution in [-0.4, -0.2) is 63.9 Å². The number of nitrogens with two attached hydrogens (primary N) is 1. The molecule has 2 aliphatic heterocycles. The lowest BCUT2D eigenvalue weighted by molar-refractivity contribution is -0.121. The molecule has 6 rings (SSSR count). The molecule has 2 amide bonds. The van der Waals surface area contributed by atoms with Crippen molar-refractivity contribution in [3.8, 4) is 11.1 Å². The van der Waals surface area contributed by atoms with E-state index in [-0.39, 0.29) is 5.91 Å². The molecule has 192 valence electrons. The van der Waals surface area contributed by atoms with Crippen molar-refractivity contribution in [2.75, 3.05) is 36.0 Å². The molecule has 9 nitrogen and oxygen atoms in total. The van der Waals surface area contributed by atoms with E-state index >= 15 is 0 Å². The summed E-state index contributed by atoms with van der Waals surface area (Å²) in [6, 6.07) is 17.2. The van der Waals surface area contributed by atoms with Crippen molar-refractivity contribution in [1.82, 2.24) is 19.9 Å². The molecule has 2 aromatic carbocycles. The summed E-state index contributed by atoms with van der Waals surface area (Å²) in [5.41, 5.74) is 11.1. The number of pyridine rings is 1. The molecular formula is C29H29N7O2. The van der Waals surface area contributed by atoms with Gasteiger partial charge in [0.25, 0.3) is 0 Å². The molecule has 38 heavy (non-hydrogen) atoms. The molecule has 2 aromatic heterocycles. The average molecular weight is 508 g/mol. The predicted octanol–water partition coefficient (Wildman–Crippen LogP) is 2.99. The molecule has 1 atom stereocenters. The molecule has 2 N–H and O–H groups in total. The molecule has 2 aliphatic rings. The first-order valence-corrected chi connectivity index (χ1v) is 12.9. The Morgan fingerprint density at radius 2 is 1.74 bits per heavy atom. The number of fused-ring (bicyclic) bond motifs is 1. The van der Waals surface area contributed by atoms with Crippen molar-refractivity contribution in [2.45, 2.75) is 25.4 Å². The number of carbonyl (C=O) groups is 2. The van der Waals surface area contributed by atoms with Gasteiger partial charge in [0.05, 0.1) is 17.2 Å². The molecule has 2 saturated heterocycles. The van der Waals surface area contributed by atoms with Gasteiger partial charge in [-0.2, -0.15) is 0 Å². The van der Waals surface area contributed by atoms with Crippen molar-refractivity contribution in [2.24, 2.45) is 5.73 Å². The zero-order chi connectivity index (χ0) is 26.1. The van der Waals surface area contributed by atoms with Gasteiger partial charge in [-0.3, -0.25) is 29.4 Å². The molecule has 4 heterocycles. The number of aromatic nitrogens is 3. The summed E-state index contributed by atoms with van der Waals surface area (Å²) >= 11 is 0. The summed E-state index contributed by atoms with van der Waals surface area (Å²) in [4.78, 5) is 44.2. The van der Waals surface area contributed by atoms with Crippen LogP contribution in [0.15, 0.2) is 73.2 Å². The van der Waals surface area contributed by atoms with Crippen LogP contribution in [0.1, 0.15) is 18.4 Å². The number of piperazine rings is 1. The van der Waals surface area contributed by atoms with Gasteiger partial charge in [-0.1, -0.05) is 24.3 Å². The van der Waals surface area contributed by atoms with E-state index in [1.807, 2.05) is 60.9 Å². The lowest BCUT2D eigenvalue weighted by Crippen LogP contribution is -2.46. The van der Waals surface area contributed by atoms with E-state index in [0.29, 0.717) is 18.5 Å². The quantitative estimate of drug-likeness (QED) is 0.427. The number of nitrogens with zero attached hydrogens (tertiary/aromatic N) is 6. The van der Waals surface area contributed by atoms with Crippen LogP contribution in [0.3, 0.4) is 0 Å². The molecule has 0 saturated carbocycles. The first-order valence-electron chi connectivity index (χ1n) is 12.9. The molecule has 0 bridgehead atoms. The maximum atomic E-state index is 12.3. The molecular weight excluding hydrogens is 478 g/mol. The zero-order valence-electron chi connectivity index (χ0n) is 21.0. The van der Waals surface area contributed by atoms with Gasteiger partial charge in [0, 0.05) is 57.2 Å². The van der Waals surface area contributed by atoms with Crippen LogP contribution in [0.5, 0.6) is 0 Å². The minimum atomic E-state index is -0.583. The van der Waals surface area contributed by atoms with Crippen molar-refractivity contribution in [1.29, 1.82) is 0 Å². The van der Waals surface area contributed by atoms with Gasteiger partial charge in [-0.05, 0) is 53.4 Å². The van der Waals surface area contributed by atoms with Gasteiger partial charge in [0.2, 0.25) is 11.8 Å². The monoisotopic (exact) mass is 507 g/mol. The number of carbonyl (C=O) groups excluding carboxylic acids is 2. The van der Waals surface area contributed by atoms with Crippen molar-refractivity contribution >= 4 is 34.4 Å². The fourth-order valence-corrected chi connectivity index (χ4v) is 5.31. The van der Waals surface area contributed by atoms with Crippen LogP contribution in [0.4, 0.5) is 11.5 Å². The number of anilines is 2. The molecule has 0 unspecified atom stereocenters. The smallest absolute Gasteiger partial charge is 0.240 e. The Balaban J connectivity index is 1.17. The molecule has 2 fully saturated rings. The number of rotatable bonds is 6. The van der Waals surface area contributed by atoms with Crippen molar-refractivity contribution in [3.63, 3.8) is 0 Å². The van der Waals surface area contributed by atoms with E-state index in [4.69, 9.17) is 10.7 Å². The molecule has 0 spiro atoms. The highest BCUT2D eigenvalue weighted by Gasteiger charge is 2.35. The highest BCUT2D eigenvalue weighted by Crippen LogP contribution is 2.30. The zero-order valence-corrected chi connectivity index (χ0v) is 21.0. The summed E-state index contributed by atoms with van der Waals surface area (Å²) in [5.74, 6) is 0.336. The third kappa shape index (κ3) is 4.80. The van der Waals surface area contributed by atoms with E-state index in [2.05, 4.69) is 25.8 Å². The van der Waals surface area contributed by atoms with Gasteiger partial charge in [0.15, 0.2) is 0 Å². The maximum Gasteiger partial charge on any atom is 0.240 e. The summed E-state index contributed by atoms with van der Waals surface area (Å²) < 4.78 is 0. The number of benzene rings is 2. The van der Waals surface area contributed by atoms with Crippen LogP contribution in [-0.2, 0) is 16.1 Å². The summed E-state index contributed by atoms with van der Waals surface area (Å²) in [5, 5.41) is 0. The summed E-state index contributed by atoms with van der Waals surface area (Å²) in [6.07, 6.45) is 6.38. The third-order valence-corrected chi connectivity index (χ3v) is 7.37. The van der Waals surface area contributed by atoms with Gasteiger partial charge < -0.3 is 10.6 Å². The average Bonchev–Trinajstić information content (AvgIpc) is 3.35. The van der Waals surface area contributed by atoms with Crippen molar-refractivity contribution < 1.29 is 9.59 Å². The molecule has 4 aromatic rings. The minimum absolute atomic E-state index is 0.0760. The predicted molar refractivity (Wildman–Crippen MR) is 146 cm³/mol. The van der Waals surface area contributed by atoms with Crippen LogP contribution in [0.2, 0.25) is 0 Å². The number of amides is 2. The van der Waals surface area contributed by atoms with E-state index in [1.165, 1.54) is 10.5 Å². The van der Waals surface area contributed by atoms with E-state index in [0.717, 1.165) is 60.7 Å². The molecule has 0 aliphatic carbocycles. The lowest BCUT2D eigenvalue weighted by Gasteiger charge is -2.35. The van der Waals surface area contributed by atoms with Crippen molar-refractivity contribution in [3.05, 3.63) is 78.8 Å². The van der Waals surface area contributed by atoms with Crippen LogP contribution in [0.25, 0.3) is 22.2 Å². The first-order chi connectivity index (χ1) is 18.5. The van der Waals surface area contributed by atoms with Gasteiger partial charge in [-0.15, -0.1) is 0 Å². The number of hydrogen-bond donors (Lipinski definition) is 1. The Morgan fingerprint density at radius 1 is 0.947 bits per heavy atom. The van der Waals surface area contributed by atoms with Crippen LogP contribution < -0.4 is 15.5 Å². The Bertz CT molecular complexity index is 1470. The standard InChI is InChI=1S/C29H29N7O2/c30-29(38)26-9-10-28(37)36(26)23-6-3-21(4-7-23)22-5-8-24-25(16-22)33-27(18-32-24)35-14-12-34(13-15-35)19-20-2-1-11-31-17-20/h1-8,11,16-18,26H,9-10,12-15,19H2,(H2,30,38)/t26-/m0/s1. The number of primary amides is 1. The van der Waals surface area contributed by atoms with Gasteiger partial charge in [0.1, 0.15) is 11.9 Å². The topological polar surface area (TPSA) is 109 Å². The summed E-state index contributed by atoms with van der Waals surface area (Å²) in [7, 11) is 0. The second-order valence-electron chi connectivity index (χ2n) is 9.82. The van der Waals surface area contributed by atoms with E-state index < -0.39 is 11.9 Å². The highest BCUT2D eigenvalue weighted by atomic mass is 16.2. The largest absolute Gasteiger partial charge is 0.368 e. The first kappa shape index (κ1) is 24.0. The fraction of sp³-hybridized carbons (Fsp3) is 0.276. The Kier molecular flexibility index (Phi) is 6.43. The van der Waals surface area contributed by atoms with Gasteiger partial charge in [-0.25, -0.2) is 4.98 Å². The van der Waals surface area contributed by atoms with Crippen LogP contribution in [0, 0.1) is 0 Å². The lowest BCUT2D eigenvalue weighted by atomic mass is 10.0. The maximum absolute atomic E-state index is 12.3. The normalized spacial score (nSPS) is 18.3.